The van der Waals surface area contributed by atoms with E-state index in [9.17, 15) is 14.7 Å². The first-order chi connectivity index (χ1) is 13.5. The summed E-state index contributed by atoms with van der Waals surface area (Å²) < 4.78 is 6.49. The summed E-state index contributed by atoms with van der Waals surface area (Å²) >= 11 is 0. The summed E-state index contributed by atoms with van der Waals surface area (Å²) in [7, 11) is 1.92. The first-order valence-corrected chi connectivity index (χ1v) is 9.17. The molecule has 0 radical (unpaired) electrons. The number of anilines is 1. The molecule has 10 heteroatoms. The number of pyridine rings is 1. The zero-order valence-corrected chi connectivity index (χ0v) is 15.9. The number of carbonyl (C=O) groups is 2. The summed E-state index contributed by atoms with van der Waals surface area (Å²) in [6, 6.07) is 3.67. The number of ether oxygens (including phenoxy) is 1. The second-order valence-electron chi connectivity index (χ2n) is 6.68. The highest BCUT2D eigenvalue weighted by atomic mass is 16.5. The van der Waals surface area contributed by atoms with Crippen molar-refractivity contribution in [2.45, 2.75) is 32.4 Å². The van der Waals surface area contributed by atoms with Crippen LogP contribution in [-0.2, 0) is 28.9 Å². The van der Waals surface area contributed by atoms with Crippen molar-refractivity contribution in [3.8, 4) is 0 Å². The Balaban J connectivity index is 1.70. The molecule has 2 unspecified atom stereocenters. The van der Waals surface area contributed by atoms with E-state index in [0.717, 1.165) is 12.0 Å². The van der Waals surface area contributed by atoms with Gasteiger partial charge >= 0.3 is 12.1 Å². The molecule has 150 valence electrons. The Labute approximate surface area is 162 Å². The summed E-state index contributed by atoms with van der Waals surface area (Å²) in [5.74, 6) is -0.805. The fraction of sp³-hybridized carbons (Fsp3) is 0.500. The highest BCUT2D eigenvalue weighted by molar-refractivity contribution is 5.82. The van der Waals surface area contributed by atoms with Crippen molar-refractivity contribution in [3.05, 3.63) is 35.9 Å². The number of aliphatic carboxylic acids is 1. The van der Waals surface area contributed by atoms with Gasteiger partial charge in [0.15, 0.2) is 0 Å². The van der Waals surface area contributed by atoms with Crippen LogP contribution in [0.25, 0.3) is 0 Å². The summed E-state index contributed by atoms with van der Waals surface area (Å²) in [6.07, 6.45) is 3.90. The molecule has 1 aliphatic heterocycles. The van der Waals surface area contributed by atoms with Gasteiger partial charge in [0.1, 0.15) is 5.82 Å². The van der Waals surface area contributed by atoms with Gasteiger partial charge in [-0.25, -0.2) is 9.48 Å². The van der Waals surface area contributed by atoms with E-state index in [0.29, 0.717) is 18.9 Å². The summed E-state index contributed by atoms with van der Waals surface area (Å²) in [4.78, 5) is 33.7. The van der Waals surface area contributed by atoms with E-state index in [1.807, 2.05) is 24.1 Å². The van der Waals surface area contributed by atoms with Crippen molar-refractivity contribution in [1.82, 2.24) is 24.6 Å². The largest absolute Gasteiger partial charge is 0.481 e. The van der Waals surface area contributed by atoms with Crippen LogP contribution in [0.3, 0.4) is 0 Å². The lowest BCUT2D eigenvalue weighted by Crippen LogP contribution is -2.49. The van der Waals surface area contributed by atoms with Crippen molar-refractivity contribution < 1.29 is 19.4 Å². The molecule has 0 aliphatic carbocycles. The van der Waals surface area contributed by atoms with Crippen LogP contribution >= 0.6 is 0 Å². The van der Waals surface area contributed by atoms with Gasteiger partial charge in [-0.15, -0.1) is 5.10 Å². The third-order valence-electron chi connectivity index (χ3n) is 4.85. The first-order valence-electron chi connectivity index (χ1n) is 9.17. The van der Waals surface area contributed by atoms with Crippen LogP contribution in [0, 0.1) is 5.92 Å². The average molecular weight is 388 g/mol. The number of rotatable bonds is 7. The van der Waals surface area contributed by atoms with Gasteiger partial charge in [-0.3, -0.25) is 15.1 Å². The smallest absolute Gasteiger partial charge is 0.414 e. The van der Waals surface area contributed by atoms with Crippen LogP contribution in [0.2, 0.25) is 0 Å². The molecule has 2 aromatic rings. The van der Waals surface area contributed by atoms with Crippen molar-refractivity contribution >= 4 is 18.0 Å². The third kappa shape index (κ3) is 4.63. The molecule has 0 saturated heterocycles. The van der Waals surface area contributed by atoms with Gasteiger partial charge in [0.05, 0.1) is 19.1 Å². The zero-order chi connectivity index (χ0) is 20.1. The number of carboxylic acid groups (broad SMARTS) is 1. The second-order valence-corrected chi connectivity index (χ2v) is 6.68. The fourth-order valence-corrected chi connectivity index (χ4v) is 3.34. The molecule has 2 N–H and O–H groups in total. The highest BCUT2D eigenvalue weighted by Gasteiger charge is 2.37. The minimum Gasteiger partial charge on any atom is -0.481 e. The van der Waals surface area contributed by atoms with Gasteiger partial charge in [0.2, 0.25) is 0 Å². The predicted octanol–water partition coefficient (Wildman–Crippen LogP) is 1.04. The Hall–Kier alpha value is -3.01. The minimum absolute atomic E-state index is 0.123. The standard InChI is InChI=1S/C18H24N6O4/c1-3-28-18(27)21-17-20-15-10-13(16(25)26)14(11-24(15)22-17)23(2)9-6-12-4-7-19-8-5-12/h4-5,7-8,13-14H,3,6,9-11H2,1-2H3,(H,25,26)(H,21,22,27). The topological polar surface area (TPSA) is 122 Å². The lowest BCUT2D eigenvalue weighted by atomic mass is 9.91. The molecule has 1 amide bonds. The number of nitrogens with zero attached hydrogens (tertiary/aromatic N) is 5. The van der Waals surface area contributed by atoms with Gasteiger partial charge in [0, 0.05) is 31.4 Å². The van der Waals surface area contributed by atoms with Crippen molar-refractivity contribution in [3.63, 3.8) is 0 Å². The normalized spacial score (nSPS) is 18.5. The monoisotopic (exact) mass is 388 g/mol. The number of amides is 1. The van der Waals surface area contributed by atoms with E-state index in [-0.39, 0.29) is 25.0 Å². The fourth-order valence-electron chi connectivity index (χ4n) is 3.34. The molecule has 2 atom stereocenters. The molecule has 0 aromatic carbocycles. The number of nitrogens with one attached hydrogen (secondary N) is 1. The van der Waals surface area contributed by atoms with Gasteiger partial charge in [0.25, 0.3) is 5.95 Å². The Morgan fingerprint density at radius 1 is 1.39 bits per heavy atom. The van der Waals surface area contributed by atoms with Crippen LogP contribution < -0.4 is 5.32 Å². The Morgan fingerprint density at radius 2 is 2.14 bits per heavy atom. The molecule has 0 fully saturated rings. The predicted molar refractivity (Wildman–Crippen MR) is 99.9 cm³/mol. The van der Waals surface area contributed by atoms with E-state index in [1.54, 1.807) is 24.0 Å². The maximum atomic E-state index is 11.8. The van der Waals surface area contributed by atoms with Crippen LogP contribution in [0.15, 0.2) is 24.5 Å². The zero-order valence-electron chi connectivity index (χ0n) is 15.9. The number of aromatic nitrogens is 4. The summed E-state index contributed by atoms with van der Waals surface area (Å²) in [6.45, 7) is 3.03. The first kappa shape index (κ1) is 19.7. The number of hydrogen-bond acceptors (Lipinski definition) is 7. The molecule has 2 aromatic heterocycles. The molecule has 0 bridgehead atoms. The van der Waals surface area contributed by atoms with E-state index >= 15 is 0 Å². The maximum absolute atomic E-state index is 11.8. The van der Waals surface area contributed by atoms with Crippen molar-refractivity contribution in [2.75, 3.05) is 25.5 Å². The lowest BCUT2D eigenvalue weighted by molar-refractivity contribution is -0.145. The van der Waals surface area contributed by atoms with Crippen LogP contribution in [0.4, 0.5) is 10.7 Å². The number of likely N-dealkylation sites (N-methyl/N-ethyl adjacent to an activating group) is 1. The molecule has 1 aliphatic rings. The molecule has 3 heterocycles. The SMILES string of the molecule is CCOC(=O)Nc1nc2n(n1)CC(N(C)CCc1ccncc1)C(C(=O)O)C2. The van der Waals surface area contributed by atoms with E-state index < -0.39 is 18.0 Å². The molecule has 3 rings (SSSR count). The average Bonchev–Trinajstić information content (AvgIpc) is 3.07. The van der Waals surface area contributed by atoms with Crippen LogP contribution in [0.5, 0.6) is 0 Å². The minimum atomic E-state index is -0.866. The molecular weight excluding hydrogens is 364 g/mol. The maximum Gasteiger partial charge on any atom is 0.414 e. The van der Waals surface area contributed by atoms with Crippen molar-refractivity contribution in [1.29, 1.82) is 0 Å². The summed E-state index contributed by atoms with van der Waals surface area (Å²) in [5.41, 5.74) is 1.15. The molecule has 28 heavy (non-hydrogen) atoms. The van der Waals surface area contributed by atoms with E-state index in [2.05, 4.69) is 20.4 Å². The van der Waals surface area contributed by atoms with Crippen LogP contribution in [-0.4, -0.2) is 68.1 Å². The Morgan fingerprint density at radius 3 is 2.82 bits per heavy atom. The number of carboxylic acids is 1. The van der Waals surface area contributed by atoms with Crippen molar-refractivity contribution in [2.24, 2.45) is 5.92 Å². The Kier molecular flexibility index (Phi) is 6.19. The second kappa shape index (κ2) is 8.79. The molecular formula is C18H24N6O4. The van der Waals surface area contributed by atoms with Crippen LogP contribution in [0.1, 0.15) is 18.3 Å². The Bertz CT molecular complexity index is 825. The number of fused-ring (bicyclic) bond motifs is 1. The van der Waals surface area contributed by atoms with Gasteiger partial charge in [-0.1, -0.05) is 0 Å². The summed E-state index contributed by atoms with van der Waals surface area (Å²) in [5, 5.41) is 16.5. The quantitative estimate of drug-likeness (QED) is 0.721. The third-order valence-corrected chi connectivity index (χ3v) is 4.85. The van der Waals surface area contributed by atoms with Gasteiger partial charge < -0.3 is 14.7 Å². The van der Waals surface area contributed by atoms with E-state index in [4.69, 9.17) is 4.74 Å². The number of carbonyl (C=O) groups excluding carboxylic acids is 1. The van der Waals surface area contributed by atoms with E-state index in [1.165, 1.54) is 0 Å². The highest BCUT2D eigenvalue weighted by Crippen LogP contribution is 2.24. The molecule has 0 saturated carbocycles. The molecule has 10 nitrogen and oxygen atoms in total. The number of hydrogen-bond donors (Lipinski definition) is 2. The lowest BCUT2D eigenvalue weighted by Gasteiger charge is -2.35. The molecule has 0 spiro atoms. The van der Waals surface area contributed by atoms with Gasteiger partial charge in [-0.05, 0) is 38.1 Å². The van der Waals surface area contributed by atoms with Gasteiger partial charge in [-0.2, -0.15) is 4.98 Å².